The summed E-state index contributed by atoms with van der Waals surface area (Å²) in [5, 5.41) is 6.97. The van der Waals surface area contributed by atoms with Gasteiger partial charge in [0.1, 0.15) is 5.75 Å². The van der Waals surface area contributed by atoms with Crippen molar-refractivity contribution in [3.8, 4) is 17.1 Å². The number of ether oxygens (including phenoxy) is 2. The van der Waals surface area contributed by atoms with Gasteiger partial charge in [0.25, 0.3) is 5.91 Å². The molecule has 1 amide bonds. The molecular weight excluding hydrogens is 462 g/mol. The van der Waals surface area contributed by atoms with Crippen molar-refractivity contribution in [3.63, 3.8) is 0 Å². The number of methoxy groups -OCH3 is 1. The Labute approximate surface area is 189 Å². The predicted molar refractivity (Wildman–Crippen MR) is 120 cm³/mol. The lowest BCUT2D eigenvalue weighted by Crippen LogP contribution is -2.43. The maximum absolute atomic E-state index is 12.8. The van der Waals surface area contributed by atoms with Crippen molar-refractivity contribution >= 4 is 21.8 Å². The Kier molecular flexibility index (Phi) is 7.01. The van der Waals surface area contributed by atoms with Crippen molar-refractivity contribution in [1.82, 2.24) is 15.4 Å². The van der Waals surface area contributed by atoms with Crippen molar-refractivity contribution in [3.05, 3.63) is 70.3 Å². The van der Waals surface area contributed by atoms with Crippen molar-refractivity contribution < 1.29 is 18.8 Å². The van der Waals surface area contributed by atoms with E-state index in [0.717, 1.165) is 34.4 Å². The zero-order valence-electron chi connectivity index (χ0n) is 17.2. The summed E-state index contributed by atoms with van der Waals surface area (Å²) in [4.78, 5) is 15.1. The van der Waals surface area contributed by atoms with E-state index < -0.39 is 0 Å². The molecule has 0 bridgehead atoms. The number of carbonyl (C=O) groups excluding carboxylic acids is 1. The SMILES string of the molecule is COc1ccc(C(CNC(=O)c2cc(-c3ccc(Br)cc3)on2)N2CCOCC2)cc1. The minimum absolute atomic E-state index is 0.0246. The highest BCUT2D eigenvalue weighted by Crippen LogP contribution is 2.25. The average Bonchev–Trinajstić information content (AvgIpc) is 3.31. The molecule has 1 aliphatic rings. The molecule has 2 heterocycles. The first-order valence-corrected chi connectivity index (χ1v) is 10.9. The number of hydrogen-bond acceptors (Lipinski definition) is 6. The maximum atomic E-state index is 12.8. The Balaban J connectivity index is 1.46. The molecule has 162 valence electrons. The summed E-state index contributed by atoms with van der Waals surface area (Å²) in [5.74, 6) is 1.09. The van der Waals surface area contributed by atoms with Crippen molar-refractivity contribution in [2.45, 2.75) is 6.04 Å². The second-order valence-corrected chi connectivity index (χ2v) is 8.15. The largest absolute Gasteiger partial charge is 0.497 e. The third-order valence-electron chi connectivity index (χ3n) is 5.31. The molecule has 7 nitrogen and oxygen atoms in total. The van der Waals surface area contributed by atoms with Gasteiger partial charge < -0.3 is 19.3 Å². The molecular formula is C23H24BrN3O4. The second-order valence-electron chi connectivity index (χ2n) is 7.23. The molecule has 0 radical (unpaired) electrons. The fourth-order valence-corrected chi connectivity index (χ4v) is 3.85. The van der Waals surface area contributed by atoms with Crippen molar-refractivity contribution in [2.24, 2.45) is 0 Å². The van der Waals surface area contributed by atoms with E-state index in [2.05, 4.69) is 31.3 Å². The molecule has 1 N–H and O–H groups in total. The van der Waals surface area contributed by atoms with Crippen LogP contribution in [0.4, 0.5) is 0 Å². The average molecular weight is 486 g/mol. The Hall–Kier alpha value is -2.68. The van der Waals surface area contributed by atoms with Gasteiger partial charge in [0.2, 0.25) is 0 Å². The van der Waals surface area contributed by atoms with E-state index in [9.17, 15) is 4.79 Å². The smallest absolute Gasteiger partial charge is 0.273 e. The summed E-state index contributed by atoms with van der Waals surface area (Å²) in [7, 11) is 1.65. The van der Waals surface area contributed by atoms with Gasteiger partial charge in [0.15, 0.2) is 11.5 Å². The number of halogens is 1. The van der Waals surface area contributed by atoms with Gasteiger partial charge in [-0.1, -0.05) is 45.4 Å². The topological polar surface area (TPSA) is 76.8 Å². The van der Waals surface area contributed by atoms with E-state index in [-0.39, 0.29) is 17.6 Å². The number of nitrogens with one attached hydrogen (secondary N) is 1. The summed E-state index contributed by atoms with van der Waals surface area (Å²) >= 11 is 3.41. The third-order valence-corrected chi connectivity index (χ3v) is 5.84. The summed E-state index contributed by atoms with van der Waals surface area (Å²) in [6.07, 6.45) is 0. The van der Waals surface area contributed by atoms with Gasteiger partial charge in [-0.15, -0.1) is 0 Å². The number of benzene rings is 2. The van der Waals surface area contributed by atoms with Crippen LogP contribution in [0.2, 0.25) is 0 Å². The van der Waals surface area contributed by atoms with Crippen LogP contribution < -0.4 is 10.1 Å². The maximum Gasteiger partial charge on any atom is 0.273 e. The third kappa shape index (κ3) is 5.33. The minimum Gasteiger partial charge on any atom is -0.497 e. The number of morpholine rings is 1. The lowest BCUT2D eigenvalue weighted by atomic mass is 10.0. The molecule has 31 heavy (non-hydrogen) atoms. The summed E-state index contributed by atoms with van der Waals surface area (Å²) in [6.45, 7) is 3.43. The molecule has 1 aromatic heterocycles. The van der Waals surface area contributed by atoms with Gasteiger partial charge in [-0.05, 0) is 29.8 Å². The molecule has 1 aliphatic heterocycles. The Morgan fingerprint density at radius 1 is 1.16 bits per heavy atom. The fraction of sp³-hybridized carbons (Fsp3) is 0.304. The van der Waals surface area contributed by atoms with Crippen LogP contribution in [0.15, 0.2) is 63.6 Å². The van der Waals surface area contributed by atoms with Crippen LogP contribution >= 0.6 is 15.9 Å². The molecule has 3 aromatic rings. The van der Waals surface area contributed by atoms with Gasteiger partial charge >= 0.3 is 0 Å². The van der Waals surface area contributed by atoms with Gasteiger partial charge in [-0.2, -0.15) is 0 Å². The molecule has 2 aromatic carbocycles. The first-order chi connectivity index (χ1) is 15.1. The van der Waals surface area contributed by atoms with Crippen LogP contribution in [0.5, 0.6) is 5.75 Å². The van der Waals surface area contributed by atoms with Crippen LogP contribution in [0.25, 0.3) is 11.3 Å². The standard InChI is InChI=1S/C23H24BrN3O4/c1-29-19-8-4-16(5-9-19)21(27-10-12-30-13-11-27)15-25-23(28)20-14-22(31-26-20)17-2-6-18(24)7-3-17/h2-9,14,21H,10-13,15H2,1H3,(H,25,28). The molecule has 1 atom stereocenters. The highest BCUT2D eigenvalue weighted by atomic mass is 79.9. The van der Waals surface area contributed by atoms with E-state index in [4.69, 9.17) is 14.0 Å². The molecule has 4 rings (SSSR count). The molecule has 1 fully saturated rings. The number of nitrogens with zero attached hydrogens (tertiary/aromatic N) is 2. The first-order valence-electron chi connectivity index (χ1n) is 10.1. The monoisotopic (exact) mass is 485 g/mol. The Bertz CT molecular complexity index is 998. The van der Waals surface area contributed by atoms with Crippen LogP contribution in [0, 0.1) is 0 Å². The zero-order chi connectivity index (χ0) is 21.6. The van der Waals surface area contributed by atoms with E-state index in [1.54, 1.807) is 13.2 Å². The lowest BCUT2D eigenvalue weighted by Gasteiger charge is -2.34. The van der Waals surface area contributed by atoms with Gasteiger partial charge in [-0.3, -0.25) is 9.69 Å². The van der Waals surface area contributed by atoms with Gasteiger partial charge in [0.05, 0.1) is 26.4 Å². The zero-order valence-corrected chi connectivity index (χ0v) is 18.8. The highest BCUT2D eigenvalue weighted by Gasteiger charge is 2.24. The molecule has 8 heteroatoms. The Morgan fingerprint density at radius 2 is 1.87 bits per heavy atom. The van der Waals surface area contributed by atoms with Crippen LogP contribution in [0.1, 0.15) is 22.1 Å². The van der Waals surface area contributed by atoms with E-state index in [1.165, 1.54) is 0 Å². The molecule has 0 aliphatic carbocycles. The molecule has 1 saturated heterocycles. The normalized spacial score (nSPS) is 15.4. The van der Waals surface area contributed by atoms with Crippen molar-refractivity contribution in [1.29, 1.82) is 0 Å². The number of carbonyl (C=O) groups is 1. The summed E-state index contributed by atoms with van der Waals surface area (Å²) in [5.41, 5.74) is 2.23. The van der Waals surface area contributed by atoms with Gasteiger partial charge in [0, 0.05) is 35.7 Å². The first kappa shape index (κ1) is 21.5. The van der Waals surface area contributed by atoms with Crippen LogP contribution in [-0.2, 0) is 4.74 Å². The number of hydrogen-bond donors (Lipinski definition) is 1. The Morgan fingerprint density at radius 3 is 2.55 bits per heavy atom. The van der Waals surface area contributed by atoms with E-state index in [1.807, 2.05) is 48.5 Å². The van der Waals surface area contributed by atoms with Crippen LogP contribution in [0.3, 0.4) is 0 Å². The minimum atomic E-state index is -0.265. The number of rotatable bonds is 7. The van der Waals surface area contributed by atoms with Gasteiger partial charge in [-0.25, -0.2) is 0 Å². The fourth-order valence-electron chi connectivity index (χ4n) is 3.59. The lowest BCUT2D eigenvalue weighted by molar-refractivity contribution is 0.0162. The summed E-state index contributed by atoms with van der Waals surface area (Å²) < 4.78 is 17.1. The van der Waals surface area contributed by atoms with E-state index in [0.29, 0.717) is 25.5 Å². The molecule has 1 unspecified atom stereocenters. The van der Waals surface area contributed by atoms with Crippen LogP contribution in [-0.4, -0.2) is 55.9 Å². The molecule has 0 saturated carbocycles. The summed E-state index contributed by atoms with van der Waals surface area (Å²) in [6, 6.07) is 17.3. The highest BCUT2D eigenvalue weighted by molar-refractivity contribution is 9.10. The number of amides is 1. The van der Waals surface area contributed by atoms with E-state index >= 15 is 0 Å². The molecule has 0 spiro atoms. The number of aromatic nitrogens is 1. The van der Waals surface area contributed by atoms with Crippen molar-refractivity contribution in [2.75, 3.05) is 40.0 Å². The predicted octanol–water partition coefficient (Wildman–Crippen LogP) is 3.92. The quantitative estimate of drug-likeness (QED) is 0.546. The second kappa shape index (κ2) is 10.1.